The highest BCUT2D eigenvalue weighted by molar-refractivity contribution is 5.15. The van der Waals surface area contributed by atoms with Crippen LogP contribution in [0.15, 0.2) is 24.3 Å². The lowest BCUT2D eigenvalue weighted by Gasteiger charge is -2.01. The first kappa shape index (κ1) is 6.26. The summed E-state index contributed by atoms with van der Waals surface area (Å²) in [7, 11) is 0. The molecule has 9 heavy (non-hydrogen) atoms. The molecule has 0 aromatic heterocycles. The molecule has 0 amide bonds. The van der Waals surface area contributed by atoms with Gasteiger partial charge in [-0.25, -0.2) is 0 Å². The van der Waals surface area contributed by atoms with Gasteiger partial charge in [0.15, 0.2) is 0 Å². The Labute approximate surface area is 53.9 Å². The van der Waals surface area contributed by atoms with Crippen LogP contribution in [-0.2, 0) is 0 Å². The maximum atomic E-state index is 8.79. The van der Waals surface area contributed by atoms with Gasteiger partial charge < -0.3 is 10.8 Å². The molecule has 0 heterocycles. The van der Waals surface area contributed by atoms with Crippen molar-refractivity contribution in [1.82, 2.24) is 0 Å². The topological polar surface area (TPSA) is 46.2 Å². The summed E-state index contributed by atoms with van der Waals surface area (Å²) in [5.74, 6) is 0. The van der Waals surface area contributed by atoms with Gasteiger partial charge in [-0.1, -0.05) is 24.3 Å². The predicted octanol–water partition coefficient (Wildman–Crippen LogP) is 0.436. The van der Waals surface area contributed by atoms with E-state index in [-0.39, 0.29) is 0 Å². The van der Waals surface area contributed by atoms with E-state index in [0.717, 1.165) is 0 Å². The van der Waals surface area contributed by atoms with Gasteiger partial charge in [0.25, 0.3) is 0 Å². The second-order valence-corrected chi connectivity index (χ2v) is 1.78. The third-order valence-corrected chi connectivity index (χ3v) is 1.09. The van der Waals surface area contributed by atoms with Gasteiger partial charge in [-0.3, -0.25) is 0 Å². The largest absolute Gasteiger partial charge is 0.375 e. The molecule has 1 unspecified atom stereocenters. The van der Waals surface area contributed by atoms with Crippen molar-refractivity contribution in [1.29, 1.82) is 0 Å². The molecule has 1 radical (unpaired) electrons. The smallest absolute Gasteiger partial charge is 0.128 e. The van der Waals surface area contributed by atoms with Crippen molar-refractivity contribution >= 4 is 0 Å². The molecule has 0 saturated heterocycles. The summed E-state index contributed by atoms with van der Waals surface area (Å²) in [4.78, 5) is 0. The van der Waals surface area contributed by atoms with E-state index in [4.69, 9.17) is 10.8 Å². The number of nitrogens with two attached hydrogens (primary N) is 1. The van der Waals surface area contributed by atoms with Crippen molar-refractivity contribution in [3.05, 3.63) is 35.9 Å². The van der Waals surface area contributed by atoms with Crippen LogP contribution in [0.5, 0.6) is 0 Å². The second kappa shape index (κ2) is 2.62. The van der Waals surface area contributed by atoms with Crippen LogP contribution in [0, 0.1) is 6.07 Å². The average molecular weight is 122 g/mol. The molecule has 0 bridgehead atoms. The van der Waals surface area contributed by atoms with E-state index < -0.39 is 6.23 Å². The minimum Gasteiger partial charge on any atom is -0.375 e. The van der Waals surface area contributed by atoms with Gasteiger partial charge in [0.05, 0.1) is 0 Å². The van der Waals surface area contributed by atoms with E-state index in [1.807, 2.05) is 0 Å². The Kier molecular flexibility index (Phi) is 1.82. The van der Waals surface area contributed by atoms with E-state index in [9.17, 15) is 0 Å². The van der Waals surface area contributed by atoms with Gasteiger partial charge in [0.1, 0.15) is 6.23 Å². The first-order valence-corrected chi connectivity index (χ1v) is 2.70. The van der Waals surface area contributed by atoms with Crippen molar-refractivity contribution in [2.24, 2.45) is 5.73 Å². The Morgan fingerprint density at radius 1 is 1.44 bits per heavy atom. The molecule has 0 aliphatic carbocycles. The van der Waals surface area contributed by atoms with Crippen molar-refractivity contribution in [3.63, 3.8) is 0 Å². The van der Waals surface area contributed by atoms with Crippen LogP contribution in [-0.4, -0.2) is 5.11 Å². The molecule has 0 spiro atoms. The highest BCUT2D eigenvalue weighted by Gasteiger charge is 1.95. The van der Waals surface area contributed by atoms with Crippen molar-refractivity contribution in [2.45, 2.75) is 6.23 Å². The number of aliphatic hydroxyl groups is 1. The molecule has 3 N–H and O–H groups in total. The van der Waals surface area contributed by atoms with Crippen molar-refractivity contribution in [2.75, 3.05) is 0 Å². The molecule has 0 aliphatic heterocycles. The molecule has 1 aromatic carbocycles. The lowest BCUT2D eigenvalue weighted by atomic mass is 10.2. The molecule has 2 nitrogen and oxygen atoms in total. The number of rotatable bonds is 1. The SMILES string of the molecule is NC(O)c1cc[c]cc1. The van der Waals surface area contributed by atoms with Crippen LogP contribution in [0.4, 0.5) is 0 Å². The van der Waals surface area contributed by atoms with E-state index >= 15 is 0 Å². The molecule has 2 heteroatoms. The first-order chi connectivity index (χ1) is 4.30. The number of hydrogen-bond donors (Lipinski definition) is 2. The Morgan fingerprint density at radius 2 is 2.00 bits per heavy atom. The summed E-state index contributed by atoms with van der Waals surface area (Å²) in [6, 6.07) is 9.70. The fraction of sp³-hybridized carbons (Fsp3) is 0.143. The maximum Gasteiger partial charge on any atom is 0.128 e. The third-order valence-electron chi connectivity index (χ3n) is 1.09. The normalized spacial score (nSPS) is 13.1. The quantitative estimate of drug-likeness (QED) is 0.531. The van der Waals surface area contributed by atoms with E-state index in [1.54, 1.807) is 24.3 Å². The van der Waals surface area contributed by atoms with E-state index in [2.05, 4.69) is 6.07 Å². The standard InChI is InChI=1S/C7H8NO/c8-7(9)6-4-2-1-3-5-6/h2-5,7,9H,8H2. The van der Waals surface area contributed by atoms with Crippen LogP contribution in [0.25, 0.3) is 0 Å². The van der Waals surface area contributed by atoms with Gasteiger partial charge in [0.2, 0.25) is 0 Å². The number of hydrogen-bond acceptors (Lipinski definition) is 2. The Morgan fingerprint density at radius 3 is 2.33 bits per heavy atom. The molecule has 1 atom stereocenters. The maximum absolute atomic E-state index is 8.79. The first-order valence-electron chi connectivity index (χ1n) is 2.70. The predicted molar refractivity (Wildman–Crippen MR) is 34.4 cm³/mol. The van der Waals surface area contributed by atoms with Crippen LogP contribution in [0.1, 0.15) is 11.8 Å². The van der Waals surface area contributed by atoms with E-state index in [1.165, 1.54) is 0 Å². The van der Waals surface area contributed by atoms with Crippen molar-refractivity contribution in [3.8, 4) is 0 Å². The van der Waals surface area contributed by atoms with Gasteiger partial charge in [-0.2, -0.15) is 0 Å². The Balaban J connectivity index is 2.85. The van der Waals surface area contributed by atoms with Gasteiger partial charge in [-0.15, -0.1) is 0 Å². The zero-order valence-electron chi connectivity index (χ0n) is 4.91. The monoisotopic (exact) mass is 122 g/mol. The number of benzene rings is 1. The minimum absolute atomic E-state index is 0.716. The number of aliphatic hydroxyl groups excluding tert-OH is 1. The molecule has 47 valence electrons. The highest BCUT2D eigenvalue weighted by atomic mass is 16.3. The van der Waals surface area contributed by atoms with Gasteiger partial charge >= 0.3 is 0 Å². The van der Waals surface area contributed by atoms with Crippen LogP contribution >= 0.6 is 0 Å². The summed E-state index contributed by atoms with van der Waals surface area (Å²) in [6.45, 7) is 0. The van der Waals surface area contributed by atoms with Crippen molar-refractivity contribution < 1.29 is 5.11 Å². The molecule has 1 rings (SSSR count). The lowest BCUT2D eigenvalue weighted by Crippen LogP contribution is -2.07. The summed E-state index contributed by atoms with van der Waals surface area (Å²) in [5, 5.41) is 8.79. The zero-order chi connectivity index (χ0) is 6.69. The summed E-state index contributed by atoms with van der Waals surface area (Å²) < 4.78 is 0. The molecular formula is C7H8NO. The van der Waals surface area contributed by atoms with Gasteiger partial charge in [0, 0.05) is 0 Å². The molecular weight excluding hydrogens is 114 g/mol. The lowest BCUT2D eigenvalue weighted by molar-refractivity contribution is 0.186. The summed E-state index contributed by atoms with van der Waals surface area (Å²) in [6.07, 6.45) is -0.861. The Hall–Kier alpha value is -0.860. The summed E-state index contributed by atoms with van der Waals surface area (Å²) in [5.41, 5.74) is 5.87. The summed E-state index contributed by atoms with van der Waals surface area (Å²) >= 11 is 0. The Bertz CT molecular complexity index is 172. The van der Waals surface area contributed by atoms with E-state index in [0.29, 0.717) is 5.56 Å². The van der Waals surface area contributed by atoms with Crippen LogP contribution < -0.4 is 5.73 Å². The average Bonchev–Trinajstić information content (AvgIpc) is 1.90. The third kappa shape index (κ3) is 1.52. The highest BCUT2D eigenvalue weighted by Crippen LogP contribution is 2.03. The molecule has 0 saturated carbocycles. The molecule has 0 fully saturated rings. The fourth-order valence-electron chi connectivity index (χ4n) is 0.597. The van der Waals surface area contributed by atoms with Crippen LogP contribution in [0.3, 0.4) is 0 Å². The molecule has 0 aliphatic rings. The van der Waals surface area contributed by atoms with Crippen LogP contribution in [0.2, 0.25) is 0 Å². The second-order valence-electron chi connectivity index (χ2n) is 1.78. The minimum atomic E-state index is -0.861. The zero-order valence-corrected chi connectivity index (χ0v) is 4.91. The fourth-order valence-corrected chi connectivity index (χ4v) is 0.597. The molecule has 1 aromatic rings. The van der Waals surface area contributed by atoms with Gasteiger partial charge in [-0.05, 0) is 11.6 Å².